The zero-order valence-corrected chi connectivity index (χ0v) is 19.2. The van der Waals surface area contributed by atoms with Gasteiger partial charge in [0.1, 0.15) is 11.2 Å². The number of nitrogens with one attached hydrogen (secondary N) is 1. The standard InChI is InChI=1S/C23H30N4O5/c1-6-32-21(29)17-13-19-20(28)27(18-12-15(2)8-9-16(18)3)23(4,14-26(19)25-17)22(30)24-10-7-11-31-5/h8-9,12-13H,6-7,10-11,14H2,1-5H3,(H,24,30)/t23-/m0/s1. The van der Waals surface area contributed by atoms with E-state index in [9.17, 15) is 14.4 Å². The van der Waals surface area contributed by atoms with Crippen molar-refractivity contribution in [3.63, 3.8) is 0 Å². The maximum atomic E-state index is 13.7. The van der Waals surface area contributed by atoms with E-state index in [1.807, 2.05) is 32.0 Å². The molecule has 1 aliphatic rings. The minimum atomic E-state index is -1.26. The Morgan fingerprint density at radius 1 is 1.25 bits per heavy atom. The van der Waals surface area contributed by atoms with Crippen molar-refractivity contribution in [3.05, 3.63) is 46.8 Å². The summed E-state index contributed by atoms with van der Waals surface area (Å²) in [6, 6.07) is 7.19. The number of benzene rings is 1. The molecule has 1 aromatic carbocycles. The zero-order valence-electron chi connectivity index (χ0n) is 19.2. The Kier molecular flexibility index (Phi) is 6.98. The Bertz CT molecular complexity index is 1030. The largest absolute Gasteiger partial charge is 0.461 e. The molecule has 0 unspecified atom stereocenters. The van der Waals surface area contributed by atoms with E-state index in [0.29, 0.717) is 25.3 Å². The first-order valence-electron chi connectivity index (χ1n) is 10.7. The number of esters is 1. The summed E-state index contributed by atoms with van der Waals surface area (Å²) in [6.07, 6.45) is 0.649. The molecule has 2 aromatic rings. The number of aryl methyl sites for hydroxylation is 2. The minimum absolute atomic E-state index is 0.0425. The number of anilines is 1. The van der Waals surface area contributed by atoms with Crippen LogP contribution < -0.4 is 10.2 Å². The molecule has 2 heterocycles. The molecule has 1 aliphatic heterocycles. The fourth-order valence-corrected chi connectivity index (χ4v) is 3.83. The highest BCUT2D eigenvalue weighted by atomic mass is 16.5. The third-order valence-electron chi connectivity index (χ3n) is 5.54. The van der Waals surface area contributed by atoms with Gasteiger partial charge in [0.15, 0.2) is 5.69 Å². The molecule has 0 fully saturated rings. The average molecular weight is 443 g/mol. The smallest absolute Gasteiger partial charge is 0.358 e. The van der Waals surface area contributed by atoms with Gasteiger partial charge in [-0.3, -0.25) is 19.2 Å². The lowest BCUT2D eigenvalue weighted by molar-refractivity contribution is -0.126. The van der Waals surface area contributed by atoms with Crippen molar-refractivity contribution in [2.45, 2.75) is 46.2 Å². The van der Waals surface area contributed by atoms with Crippen molar-refractivity contribution in [1.29, 1.82) is 0 Å². The predicted molar refractivity (Wildman–Crippen MR) is 119 cm³/mol. The first-order valence-corrected chi connectivity index (χ1v) is 10.7. The van der Waals surface area contributed by atoms with E-state index in [2.05, 4.69) is 10.4 Å². The van der Waals surface area contributed by atoms with Gasteiger partial charge < -0.3 is 14.8 Å². The van der Waals surface area contributed by atoms with E-state index in [0.717, 1.165) is 11.1 Å². The highest BCUT2D eigenvalue weighted by Gasteiger charge is 2.49. The number of methoxy groups -OCH3 is 1. The molecule has 172 valence electrons. The zero-order chi connectivity index (χ0) is 23.5. The van der Waals surface area contributed by atoms with Crippen LogP contribution in [0.1, 0.15) is 52.4 Å². The SMILES string of the molecule is CCOC(=O)c1cc2n(n1)C[C@@](C)(C(=O)NCCCOC)N(c1cc(C)ccc1C)C2=O. The number of carbonyl (C=O) groups is 3. The van der Waals surface area contributed by atoms with Crippen molar-refractivity contribution in [2.24, 2.45) is 0 Å². The summed E-state index contributed by atoms with van der Waals surface area (Å²) in [4.78, 5) is 40.8. The van der Waals surface area contributed by atoms with Crippen molar-refractivity contribution in [2.75, 3.05) is 31.8 Å². The molecule has 0 saturated heterocycles. The van der Waals surface area contributed by atoms with Crippen molar-refractivity contribution in [1.82, 2.24) is 15.1 Å². The maximum Gasteiger partial charge on any atom is 0.358 e. The molecule has 9 nitrogen and oxygen atoms in total. The second-order valence-corrected chi connectivity index (χ2v) is 8.10. The molecule has 1 aromatic heterocycles. The lowest BCUT2D eigenvalue weighted by Gasteiger charge is -2.43. The molecule has 9 heteroatoms. The van der Waals surface area contributed by atoms with E-state index in [1.165, 1.54) is 15.6 Å². The van der Waals surface area contributed by atoms with Crippen molar-refractivity contribution >= 4 is 23.5 Å². The fourth-order valence-electron chi connectivity index (χ4n) is 3.83. The molecule has 0 bridgehead atoms. The molecule has 0 spiro atoms. The van der Waals surface area contributed by atoms with Crippen LogP contribution >= 0.6 is 0 Å². The predicted octanol–water partition coefficient (Wildman–Crippen LogP) is 2.25. The van der Waals surface area contributed by atoms with Gasteiger partial charge in [-0.25, -0.2) is 4.79 Å². The number of ether oxygens (including phenoxy) is 2. The summed E-state index contributed by atoms with van der Waals surface area (Å²) in [5.41, 5.74) is 1.50. The van der Waals surface area contributed by atoms with Crippen molar-refractivity contribution < 1.29 is 23.9 Å². The number of fused-ring (bicyclic) bond motifs is 1. The molecule has 0 radical (unpaired) electrons. The van der Waals surface area contributed by atoms with Gasteiger partial charge in [0.2, 0.25) is 5.91 Å². The van der Waals surface area contributed by atoms with Crippen LogP contribution in [0.4, 0.5) is 5.69 Å². The second-order valence-electron chi connectivity index (χ2n) is 8.10. The van der Waals surface area contributed by atoms with Gasteiger partial charge in [-0.2, -0.15) is 5.10 Å². The number of nitrogens with zero attached hydrogens (tertiary/aromatic N) is 3. The Morgan fingerprint density at radius 2 is 2.00 bits per heavy atom. The molecule has 2 amide bonds. The lowest BCUT2D eigenvalue weighted by Crippen LogP contribution is -2.64. The van der Waals surface area contributed by atoms with Gasteiger partial charge in [0, 0.05) is 32.0 Å². The van der Waals surface area contributed by atoms with Gasteiger partial charge in [0.05, 0.1) is 13.2 Å². The summed E-state index contributed by atoms with van der Waals surface area (Å²) in [7, 11) is 1.60. The summed E-state index contributed by atoms with van der Waals surface area (Å²) < 4.78 is 11.5. The summed E-state index contributed by atoms with van der Waals surface area (Å²) >= 11 is 0. The van der Waals surface area contributed by atoms with Gasteiger partial charge >= 0.3 is 5.97 Å². The normalized spacial score (nSPS) is 17.8. The van der Waals surface area contributed by atoms with Gasteiger partial charge in [-0.15, -0.1) is 0 Å². The summed E-state index contributed by atoms with van der Waals surface area (Å²) in [5, 5.41) is 7.19. The quantitative estimate of drug-likeness (QED) is 0.497. The van der Waals surface area contributed by atoms with Crippen LogP contribution in [0.15, 0.2) is 24.3 Å². The highest BCUT2D eigenvalue weighted by Crippen LogP contribution is 2.35. The third-order valence-corrected chi connectivity index (χ3v) is 5.54. The number of aromatic nitrogens is 2. The lowest BCUT2D eigenvalue weighted by atomic mass is 9.92. The fraction of sp³-hybridized carbons (Fsp3) is 0.478. The average Bonchev–Trinajstić information content (AvgIpc) is 3.18. The van der Waals surface area contributed by atoms with Crippen LogP contribution in [0.5, 0.6) is 0 Å². The Hall–Kier alpha value is -3.20. The molecule has 1 N–H and O–H groups in total. The molecule has 1 atom stereocenters. The van der Waals surface area contributed by atoms with Gasteiger partial charge in [-0.05, 0) is 51.3 Å². The number of amides is 2. The second kappa shape index (κ2) is 9.52. The Morgan fingerprint density at radius 3 is 2.69 bits per heavy atom. The minimum Gasteiger partial charge on any atom is -0.461 e. The molecule has 3 rings (SSSR count). The van der Waals surface area contributed by atoms with E-state index >= 15 is 0 Å². The first-order chi connectivity index (χ1) is 15.2. The van der Waals surface area contributed by atoms with Gasteiger partial charge in [0.25, 0.3) is 5.91 Å². The van der Waals surface area contributed by atoms with Crippen LogP contribution in [-0.4, -0.2) is 60.0 Å². The third kappa shape index (κ3) is 4.38. The van der Waals surface area contributed by atoms with Crippen LogP contribution in [0, 0.1) is 13.8 Å². The number of hydrogen-bond donors (Lipinski definition) is 1. The molecule has 32 heavy (non-hydrogen) atoms. The summed E-state index contributed by atoms with van der Waals surface area (Å²) in [6.45, 7) is 8.47. The van der Waals surface area contributed by atoms with Crippen LogP contribution in [0.3, 0.4) is 0 Å². The summed E-state index contributed by atoms with van der Waals surface area (Å²) in [5.74, 6) is -1.31. The molecular formula is C23H30N4O5. The van der Waals surface area contributed by atoms with Crippen LogP contribution in [-0.2, 0) is 20.8 Å². The van der Waals surface area contributed by atoms with Crippen LogP contribution in [0.25, 0.3) is 0 Å². The number of hydrogen-bond acceptors (Lipinski definition) is 6. The van der Waals surface area contributed by atoms with E-state index in [1.54, 1.807) is 21.0 Å². The van der Waals surface area contributed by atoms with E-state index in [-0.39, 0.29) is 30.4 Å². The maximum absolute atomic E-state index is 13.7. The number of carbonyl (C=O) groups excluding carboxylic acids is 3. The first kappa shape index (κ1) is 23.5. The molecular weight excluding hydrogens is 412 g/mol. The number of rotatable bonds is 8. The monoisotopic (exact) mass is 442 g/mol. The van der Waals surface area contributed by atoms with E-state index in [4.69, 9.17) is 9.47 Å². The van der Waals surface area contributed by atoms with Crippen molar-refractivity contribution in [3.8, 4) is 0 Å². The highest BCUT2D eigenvalue weighted by molar-refractivity contribution is 6.12. The van der Waals surface area contributed by atoms with E-state index < -0.39 is 17.4 Å². The Labute approximate surface area is 187 Å². The molecule has 0 aliphatic carbocycles. The van der Waals surface area contributed by atoms with Crippen LogP contribution in [0.2, 0.25) is 0 Å². The Balaban J connectivity index is 2.06. The molecule has 0 saturated carbocycles. The topological polar surface area (TPSA) is 103 Å². The van der Waals surface area contributed by atoms with Gasteiger partial charge in [-0.1, -0.05) is 12.1 Å².